The van der Waals surface area contributed by atoms with Crippen LogP contribution in [-0.2, 0) is 11.3 Å². The van der Waals surface area contributed by atoms with E-state index in [9.17, 15) is 0 Å². The number of hydrazine groups is 1. The van der Waals surface area contributed by atoms with Crippen LogP contribution >= 0.6 is 11.6 Å². The normalized spacial score (nSPS) is 17.6. The van der Waals surface area contributed by atoms with Crippen LogP contribution in [0.5, 0.6) is 0 Å². The van der Waals surface area contributed by atoms with Crippen molar-refractivity contribution in [1.82, 2.24) is 9.88 Å². The number of nitrogens with one attached hydrogen (secondary N) is 1. The van der Waals surface area contributed by atoms with Crippen molar-refractivity contribution in [3.8, 4) is 0 Å². The minimum absolute atomic E-state index is 0.404. The predicted octanol–water partition coefficient (Wildman–Crippen LogP) is 2.02. The Hall–Kier alpha value is -0.880. The van der Waals surface area contributed by atoms with Gasteiger partial charge in [0.05, 0.1) is 16.8 Å². The van der Waals surface area contributed by atoms with Gasteiger partial charge >= 0.3 is 0 Å². The van der Waals surface area contributed by atoms with Gasteiger partial charge in [-0.3, -0.25) is 4.90 Å². The van der Waals surface area contributed by atoms with Crippen LogP contribution in [0.2, 0.25) is 5.02 Å². The zero-order valence-electron chi connectivity index (χ0n) is 11.2. The molecule has 0 atom stereocenters. The summed E-state index contributed by atoms with van der Waals surface area (Å²) in [5.74, 6) is 6.01. The summed E-state index contributed by atoms with van der Waals surface area (Å²) in [6, 6.07) is 3.60. The topological polar surface area (TPSA) is 63.4 Å². The molecule has 1 aromatic heterocycles. The highest BCUT2D eigenvalue weighted by atomic mass is 35.5. The third-order valence-corrected chi connectivity index (χ3v) is 3.72. The van der Waals surface area contributed by atoms with E-state index >= 15 is 0 Å². The molecule has 0 bridgehead atoms. The van der Waals surface area contributed by atoms with Gasteiger partial charge < -0.3 is 10.2 Å². The van der Waals surface area contributed by atoms with E-state index in [1.54, 1.807) is 6.07 Å². The summed E-state index contributed by atoms with van der Waals surface area (Å²) in [6.45, 7) is 5.63. The lowest BCUT2D eigenvalue weighted by Gasteiger charge is -2.31. The van der Waals surface area contributed by atoms with Gasteiger partial charge in [0.25, 0.3) is 0 Å². The molecule has 3 N–H and O–H groups in total. The van der Waals surface area contributed by atoms with Crippen LogP contribution in [0.3, 0.4) is 0 Å². The average molecular weight is 285 g/mol. The molecule has 6 heteroatoms. The maximum atomic E-state index is 6.17. The number of nitrogens with two attached hydrogens (primary N) is 1. The number of nitrogens with zero attached hydrogens (tertiary/aromatic N) is 2. The van der Waals surface area contributed by atoms with E-state index in [0.29, 0.717) is 16.9 Å². The van der Waals surface area contributed by atoms with Crippen molar-refractivity contribution < 1.29 is 4.74 Å². The molecule has 0 unspecified atom stereocenters. The van der Waals surface area contributed by atoms with Gasteiger partial charge in [0.15, 0.2) is 0 Å². The van der Waals surface area contributed by atoms with Crippen LogP contribution < -0.4 is 11.3 Å². The quantitative estimate of drug-likeness (QED) is 0.640. The monoisotopic (exact) mass is 284 g/mol. The van der Waals surface area contributed by atoms with Crippen LogP contribution in [0.15, 0.2) is 12.1 Å². The maximum absolute atomic E-state index is 6.17. The molecule has 1 saturated heterocycles. The first kappa shape index (κ1) is 14.5. The Labute approximate surface area is 119 Å². The van der Waals surface area contributed by atoms with Crippen LogP contribution in [-0.4, -0.2) is 35.7 Å². The number of likely N-dealkylation sites (tertiary alicyclic amines) is 1. The first-order chi connectivity index (χ1) is 9.22. The third-order valence-electron chi connectivity index (χ3n) is 3.38. The molecule has 0 amide bonds. The van der Waals surface area contributed by atoms with Gasteiger partial charge in [-0.25, -0.2) is 10.8 Å². The highest BCUT2D eigenvalue weighted by Gasteiger charge is 2.20. The highest BCUT2D eigenvalue weighted by molar-refractivity contribution is 6.31. The number of anilines is 1. The summed E-state index contributed by atoms with van der Waals surface area (Å²) < 4.78 is 5.65. The van der Waals surface area contributed by atoms with Gasteiger partial charge in [-0.1, -0.05) is 11.6 Å². The Morgan fingerprint density at radius 1 is 1.47 bits per heavy atom. The fourth-order valence-electron chi connectivity index (χ4n) is 2.36. The number of rotatable bonds is 5. The van der Waals surface area contributed by atoms with Crippen LogP contribution in [0, 0.1) is 0 Å². The molecule has 106 valence electrons. The van der Waals surface area contributed by atoms with Crippen molar-refractivity contribution in [1.29, 1.82) is 0 Å². The van der Waals surface area contributed by atoms with Gasteiger partial charge in [0, 0.05) is 26.2 Å². The second-order valence-electron chi connectivity index (χ2n) is 4.70. The maximum Gasteiger partial charge on any atom is 0.140 e. The number of pyridine rings is 1. The molecule has 1 aromatic rings. The van der Waals surface area contributed by atoms with E-state index < -0.39 is 0 Å². The number of nitrogen functional groups attached to an aromatic ring is 1. The Kier molecular flexibility index (Phi) is 5.39. The average Bonchev–Trinajstić information content (AvgIpc) is 2.44. The molecular formula is C13H21ClN4O. The van der Waals surface area contributed by atoms with Crippen molar-refractivity contribution in [2.24, 2.45) is 5.84 Å². The van der Waals surface area contributed by atoms with E-state index in [4.69, 9.17) is 22.2 Å². The van der Waals surface area contributed by atoms with Gasteiger partial charge in [-0.2, -0.15) is 0 Å². The Bertz CT molecular complexity index is 408. The Balaban J connectivity index is 1.91. The number of halogens is 1. The molecule has 1 fully saturated rings. The number of ether oxygens (including phenoxy) is 1. The molecular weight excluding hydrogens is 264 g/mol. The van der Waals surface area contributed by atoms with Crippen LogP contribution in [0.25, 0.3) is 0 Å². The number of hydrogen-bond donors (Lipinski definition) is 2. The first-order valence-corrected chi connectivity index (χ1v) is 7.06. The lowest BCUT2D eigenvalue weighted by molar-refractivity contribution is 0.0123. The fraction of sp³-hybridized carbons (Fsp3) is 0.615. The molecule has 2 heterocycles. The summed E-state index contributed by atoms with van der Waals surface area (Å²) >= 11 is 6.17. The molecule has 1 aliphatic heterocycles. The van der Waals surface area contributed by atoms with Crippen LogP contribution in [0.1, 0.15) is 25.5 Å². The molecule has 19 heavy (non-hydrogen) atoms. The van der Waals surface area contributed by atoms with E-state index in [1.165, 1.54) is 0 Å². The molecule has 0 saturated carbocycles. The summed E-state index contributed by atoms with van der Waals surface area (Å²) in [6.07, 6.45) is 2.54. The SMILES string of the molecule is CCOC1CCN(Cc2nc(NN)ccc2Cl)CC1. The van der Waals surface area contributed by atoms with Crippen molar-refractivity contribution >= 4 is 17.4 Å². The fourth-order valence-corrected chi connectivity index (χ4v) is 2.52. The summed E-state index contributed by atoms with van der Waals surface area (Å²) in [4.78, 5) is 6.75. The third kappa shape index (κ3) is 4.04. The number of hydrogen-bond acceptors (Lipinski definition) is 5. The van der Waals surface area contributed by atoms with E-state index in [-0.39, 0.29) is 0 Å². The minimum Gasteiger partial charge on any atom is -0.378 e. The second kappa shape index (κ2) is 7.05. The van der Waals surface area contributed by atoms with Gasteiger partial charge in [0.2, 0.25) is 0 Å². The van der Waals surface area contributed by atoms with Gasteiger partial charge in [-0.05, 0) is 31.9 Å². The van der Waals surface area contributed by atoms with E-state index in [1.807, 2.05) is 13.0 Å². The minimum atomic E-state index is 0.404. The smallest absolute Gasteiger partial charge is 0.140 e. The summed E-state index contributed by atoms with van der Waals surface area (Å²) in [7, 11) is 0. The summed E-state index contributed by atoms with van der Waals surface area (Å²) in [5.41, 5.74) is 3.41. The van der Waals surface area contributed by atoms with Crippen molar-refractivity contribution in [3.05, 3.63) is 22.8 Å². The number of piperidine rings is 1. The molecule has 0 aliphatic carbocycles. The number of aromatic nitrogens is 1. The molecule has 0 aromatic carbocycles. The van der Waals surface area contributed by atoms with Crippen molar-refractivity contribution in [2.45, 2.75) is 32.4 Å². The Morgan fingerprint density at radius 2 is 2.21 bits per heavy atom. The van der Waals surface area contributed by atoms with E-state index in [2.05, 4.69) is 15.3 Å². The molecule has 2 rings (SSSR count). The zero-order chi connectivity index (χ0) is 13.7. The first-order valence-electron chi connectivity index (χ1n) is 6.69. The second-order valence-corrected chi connectivity index (χ2v) is 5.11. The van der Waals surface area contributed by atoms with Gasteiger partial charge in [0.1, 0.15) is 5.82 Å². The van der Waals surface area contributed by atoms with Crippen LogP contribution in [0.4, 0.5) is 5.82 Å². The molecule has 0 radical (unpaired) electrons. The molecule has 1 aliphatic rings. The zero-order valence-corrected chi connectivity index (χ0v) is 12.0. The Morgan fingerprint density at radius 3 is 2.84 bits per heavy atom. The van der Waals surface area contributed by atoms with Crippen molar-refractivity contribution in [2.75, 3.05) is 25.1 Å². The lowest BCUT2D eigenvalue weighted by atomic mass is 10.1. The molecule has 5 nitrogen and oxygen atoms in total. The molecule has 0 spiro atoms. The lowest BCUT2D eigenvalue weighted by Crippen LogP contribution is -2.36. The summed E-state index contributed by atoms with van der Waals surface area (Å²) in [5, 5.41) is 0.686. The standard InChI is InChI=1S/C13H21ClN4O/c1-2-19-10-5-7-18(8-6-10)9-12-11(14)3-4-13(16-12)17-15/h3-4,10H,2,5-9,15H2,1H3,(H,16,17). The highest BCUT2D eigenvalue weighted by Crippen LogP contribution is 2.21. The largest absolute Gasteiger partial charge is 0.378 e. The van der Waals surface area contributed by atoms with Gasteiger partial charge in [-0.15, -0.1) is 0 Å². The van der Waals surface area contributed by atoms with Crippen molar-refractivity contribution in [3.63, 3.8) is 0 Å². The predicted molar refractivity (Wildman–Crippen MR) is 77.0 cm³/mol. The van der Waals surface area contributed by atoms with E-state index in [0.717, 1.165) is 44.8 Å².